The number of aromatic nitrogens is 2. The molecule has 1 aromatic carbocycles. The van der Waals surface area contributed by atoms with Crippen LogP contribution in [0.5, 0.6) is 0 Å². The van der Waals surface area contributed by atoms with Crippen LogP contribution < -0.4 is 5.43 Å². The van der Waals surface area contributed by atoms with E-state index >= 15 is 0 Å². The first-order valence-electron chi connectivity index (χ1n) is 8.30. The first-order chi connectivity index (χ1) is 12.3. The van der Waals surface area contributed by atoms with Gasteiger partial charge in [0.2, 0.25) is 0 Å². The topological polar surface area (TPSA) is 76.5 Å². The number of hydrogen-bond donors (Lipinski definition) is 1. The van der Waals surface area contributed by atoms with Gasteiger partial charge in [0.15, 0.2) is 11.4 Å². The minimum Gasteiger partial charge on any atom is -0.460 e. The zero-order valence-corrected chi connectivity index (χ0v) is 13.6. The highest BCUT2D eigenvalue weighted by Crippen LogP contribution is 2.47. The van der Waals surface area contributed by atoms with Crippen molar-refractivity contribution < 1.29 is 8.83 Å². The number of rotatable bonds is 4. The maximum absolute atomic E-state index is 5.86. The van der Waals surface area contributed by atoms with Crippen LogP contribution in [0.15, 0.2) is 56.7 Å². The van der Waals surface area contributed by atoms with Gasteiger partial charge in [-0.1, -0.05) is 19.1 Å². The smallest absolute Gasteiger partial charge is 0.197 e. The molecule has 2 atom stereocenters. The second-order valence-electron chi connectivity index (χ2n) is 6.43. The van der Waals surface area contributed by atoms with Crippen LogP contribution in [-0.4, -0.2) is 16.2 Å². The van der Waals surface area contributed by atoms with Gasteiger partial charge in [-0.2, -0.15) is 5.10 Å². The molecular formula is C19H16N4O2. The Hall–Kier alpha value is -3.15. The lowest BCUT2D eigenvalue weighted by molar-refractivity contribution is 0.500. The Morgan fingerprint density at radius 2 is 2.04 bits per heavy atom. The molecule has 0 unspecified atom stereocenters. The number of hydrazone groups is 1. The summed E-state index contributed by atoms with van der Waals surface area (Å²) in [5.74, 6) is 3.57. The van der Waals surface area contributed by atoms with Gasteiger partial charge in [0, 0.05) is 11.3 Å². The predicted molar refractivity (Wildman–Crippen MR) is 95.8 cm³/mol. The van der Waals surface area contributed by atoms with Crippen molar-refractivity contribution in [2.45, 2.75) is 19.3 Å². The van der Waals surface area contributed by atoms with E-state index in [0.717, 1.165) is 33.9 Å². The van der Waals surface area contributed by atoms with E-state index in [9.17, 15) is 0 Å². The minimum absolute atomic E-state index is 0.528. The Bertz CT molecular complexity index is 1100. The molecule has 0 amide bonds. The largest absolute Gasteiger partial charge is 0.460 e. The minimum atomic E-state index is 0.528. The number of anilines is 1. The van der Waals surface area contributed by atoms with E-state index in [-0.39, 0.29) is 0 Å². The van der Waals surface area contributed by atoms with Crippen LogP contribution in [0.2, 0.25) is 0 Å². The van der Waals surface area contributed by atoms with E-state index < -0.39 is 0 Å². The highest BCUT2D eigenvalue weighted by Gasteiger charge is 2.36. The van der Waals surface area contributed by atoms with E-state index in [1.807, 2.05) is 36.4 Å². The molecule has 1 aliphatic carbocycles. The number of nitrogens with zero attached hydrogens (tertiary/aromatic N) is 3. The molecule has 0 radical (unpaired) electrons. The predicted octanol–water partition coefficient (Wildman–Crippen LogP) is 4.54. The number of benzene rings is 1. The van der Waals surface area contributed by atoms with Crippen LogP contribution in [0, 0.1) is 5.92 Å². The summed E-state index contributed by atoms with van der Waals surface area (Å²) in [5.41, 5.74) is 5.06. The third-order valence-corrected chi connectivity index (χ3v) is 4.64. The zero-order chi connectivity index (χ0) is 16.8. The molecule has 3 aromatic heterocycles. The zero-order valence-electron chi connectivity index (χ0n) is 13.6. The van der Waals surface area contributed by atoms with Gasteiger partial charge in [0.05, 0.1) is 6.21 Å². The molecule has 1 fully saturated rings. The molecule has 1 saturated carbocycles. The first-order valence-corrected chi connectivity index (χ1v) is 8.30. The van der Waals surface area contributed by atoms with Crippen molar-refractivity contribution in [3.8, 4) is 0 Å². The monoisotopic (exact) mass is 332 g/mol. The van der Waals surface area contributed by atoms with Crippen LogP contribution >= 0.6 is 0 Å². The fraction of sp³-hybridized carbons (Fsp3) is 0.211. The van der Waals surface area contributed by atoms with E-state index in [0.29, 0.717) is 17.3 Å². The Labute approximate surface area is 143 Å². The van der Waals surface area contributed by atoms with Crippen molar-refractivity contribution in [3.63, 3.8) is 0 Å². The number of para-hydroxylation sites is 1. The van der Waals surface area contributed by atoms with E-state index in [1.165, 1.54) is 12.7 Å². The number of nitrogens with one attached hydrogen (secondary N) is 1. The molecule has 0 aliphatic heterocycles. The second kappa shape index (κ2) is 5.44. The highest BCUT2D eigenvalue weighted by atomic mass is 16.3. The molecule has 3 heterocycles. The number of furan rings is 2. The molecular weight excluding hydrogens is 316 g/mol. The third-order valence-electron chi connectivity index (χ3n) is 4.64. The Morgan fingerprint density at radius 3 is 2.92 bits per heavy atom. The van der Waals surface area contributed by atoms with Gasteiger partial charge in [-0.05, 0) is 36.6 Å². The van der Waals surface area contributed by atoms with Crippen molar-refractivity contribution in [2.24, 2.45) is 11.0 Å². The Morgan fingerprint density at radius 1 is 1.16 bits per heavy atom. The van der Waals surface area contributed by atoms with Crippen molar-refractivity contribution >= 4 is 34.1 Å². The van der Waals surface area contributed by atoms with Gasteiger partial charge in [0.25, 0.3) is 0 Å². The first kappa shape index (κ1) is 14.2. The summed E-state index contributed by atoms with van der Waals surface area (Å²) in [7, 11) is 0. The van der Waals surface area contributed by atoms with Crippen molar-refractivity contribution in [3.05, 3.63) is 54.2 Å². The summed E-state index contributed by atoms with van der Waals surface area (Å²) in [6, 6.07) is 11.7. The Kier molecular flexibility index (Phi) is 3.09. The third kappa shape index (κ3) is 2.46. The number of hydrogen-bond acceptors (Lipinski definition) is 6. The Balaban J connectivity index is 1.41. The average Bonchev–Trinajstić information content (AvgIpc) is 3.05. The van der Waals surface area contributed by atoms with Crippen LogP contribution in [-0.2, 0) is 0 Å². The molecule has 4 aromatic rings. The van der Waals surface area contributed by atoms with Crippen LogP contribution in [0.1, 0.15) is 30.8 Å². The fourth-order valence-electron chi connectivity index (χ4n) is 3.12. The van der Waals surface area contributed by atoms with Gasteiger partial charge < -0.3 is 8.83 Å². The van der Waals surface area contributed by atoms with Crippen molar-refractivity contribution in [1.82, 2.24) is 9.97 Å². The summed E-state index contributed by atoms with van der Waals surface area (Å²) in [6.07, 6.45) is 4.35. The molecule has 0 bridgehead atoms. The highest BCUT2D eigenvalue weighted by molar-refractivity contribution is 6.05. The maximum Gasteiger partial charge on any atom is 0.197 e. The normalized spacial score (nSPS) is 19.9. The molecule has 1 N–H and O–H groups in total. The van der Waals surface area contributed by atoms with Crippen LogP contribution in [0.3, 0.4) is 0 Å². The average molecular weight is 332 g/mol. The summed E-state index contributed by atoms with van der Waals surface area (Å²) < 4.78 is 11.7. The van der Waals surface area contributed by atoms with Gasteiger partial charge >= 0.3 is 0 Å². The van der Waals surface area contributed by atoms with Crippen molar-refractivity contribution in [2.75, 3.05) is 5.43 Å². The molecule has 124 valence electrons. The quantitative estimate of drug-likeness (QED) is 0.438. The van der Waals surface area contributed by atoms with Crippen LogP contribution in [0.4, 0.5) is 5.82 Å². The van der Waals surface area contributed by atoms with E-state index in [1.54, 1.807) is 6.21 Å². The molecule has 6 nitrogen and oxygen atoms in total. The standard InChI is InChI=1S/C19H16N4O2/c1-11-8-14(11)16-7-6-12(24-16)9-22-23-19-18-17(20-10-21-19)13-4-2-3-5-15(13)25-18/h2-7,9-11,14H,8H2,1H3,(H,20,21,23)/b22-9-/t11-,14-/m1/s1. The summed E-state index contributed by atoms with van der Waals surface area (Å²) >= 11 is 0. The SMILES string of the molecule is C[C@@H]1C[C@H]1c1ccc(/C=N\Nc2ncnc3c2oc2ccccc23)o1. The van der Waals surface area contributed by atoms with Gasteiger partial charge in [-0.25, -0.2) is 9.97 Å². The summed E-state index contributed by atoms with van der Waals surface area (Å²) in [6.45, 7) is 2.23. The summed E-state index contributed by atoms with van der Waals surface area (Å²) in [5, 5.41) is 5.18. The molecule has 0 spiro atoms. The fourth-order valence-corrected chi connectivity index (χ4v) is 3.12. The molecule has 1 aliphatic rings. The van der Waals surface area contributed by atoms with Gasteiger partial charge in [-0.3, -0.25) is 5.43 Å². The molecule has 6 heteroatoms. The second-order valence-corrected chi connectivity index (χ2v) is 6.43. The van der Waals surface area contributed by atoms with E-state index in [4.69, 9.17) is 8.83 Å². The van der Waals surface area contributed by atoms with Gasteiger partial charge in [0.1, 0.15) is 28.9 Å². The maximum atomic E-state index is 5.86. The molecule has 0 saturated heterocycles. The molecule has 5 rings (SSSR count). The van der Waals surface area contributed by atoms with E-state index in [2.05, 4.69) is 27.4 Å². The molecule has 25 heavy (non-hydrogen) atoms. The lowest BCUT2D eigenvalue weighted by Gasteiger charge is -1.98. The lowest BCUT2D eigenvalue weighted by Crippen LogP contribution is -1.94. The summed E-state index contributed by atoms with van der Waals surface area (Å²) in [4.78, 5) is 8.54. The lowest BCUT2D eigenvalue weighted by atomic mass is 10.2. The number of fused-ring (bicyclic) bond motifs is 3. The van der Waals surface area contributed by atoms with Gasteiger partial charge in [-0.15, -0.1) is 0 Å². The van der Waals surface area contributed by atoms with Crippen LogP contribution in [0.25, 0.3) is 22.1 Å². The van der Waals surface area contributed by atoms with Crippen molar-refractivity contribution in [1.29, 1.82) is 0 Å².